The average Bonchev–Trinajstić information content (AvgIpc) is 2.67. The molecule has 1 saturated heterocycles. The van der Waals surface area contributed by atoms with Crippen LogP contribution in [0.4, 0.5) is 0 Å². The number of rotatable bonds is 3. The van der Waals surface area contributed by atoms with Crippen molar-refractivity contribution in [3.05, 3.63) is 46.1 Å². The summed E-state index contributed by atoms with van der Waals surface area (Å²) in [6, 6.07) is 8.94. The monoisotopic (exact) mass is 206 g/mol. The molecule has 0 N–H and O–H groups in total. The van der Waals surface area contributed by atoms with Gasteiger partial charge in [0.05, 0.1) is 13.2 Å². The van der Waals surface area contributed by atoms with Crippen LogP contribution in [0.25, 0.3) is 0 Å². The van der Waals surface area contributed by atoms with Crippen molar-refractivity contribution in [3.8, 4) is 0 Å². The summed E-state index contributed by atoms with van der Waals surface area (Å²) in [4.78, 5) is 11.5. The summed E-state index contributed by atoms with van der Waals surface area (Å²) >= 11 is 0. The van der Waals surface area contributed by atoms with E-state index < -0.39 is 0 Å². The van der Waals surface area contributed by atoms with E-state index in [2.05, 4.69) is 0 Å². The van der Waals surface area contributed by atoms with Gasteiger partial charge in [0.25, 0.3) is 0 Å². The van der Waals surface area contributed by atoms with Gasteiger partial charge in [-0.1, -0.05) is 24.3 Å². The lowest BCUT2D eigenvalue weighted by Gasteiger charge is -2.06. The quantitative estimate of drug-likeness (QED) is 0.749. The predicted octanol–water partition coefficient (Wildman–Crippen LogP) is 1.35. The third kappa shape index (κ3) is 2.88. The second-order valence-electron chi connectivity index (χ2n) is 3.51. The first-order valence-electron chi connectivity index (χ1n) is 5.18. The number of aryl methyl sites for hydroxylation is 1. The third-order valence-electron chi connectivity index (χ3n) is 2.42. The van der Waals surface area contributed by atoms with Crippen LogP contribution < -0.4 is 5.43 Å². The zero-order valence-corrected chi connectivity index (χ0v) is 8.52. The van der Waals surface area contributed by atoms with E-state index in [1.54, 1.807) is 12.1 Å². The van der Waals surface area contributed by atoms with Crippen LogP contribution in [-0.2, 0) is 15.9 Å². The fourth-order valence-electron chi connectivity index (χ4n) is 1.62. The van der Waals surface area contributed by atoms with Gasteiger partial charge in [-0.15, -0.1) is 0 Å². The smallest absolute Gasteiger partial charge is 0.181 e. The van der Waals surface area contributed by atoms with Gasteiger partial charge in [0.15, 0.2) is 11.7 Å². The van der Waals surface area contributed by atoms with Crippen LogP contribution in [0.1, 0.15) is 12.0 Å². The van der Waals surface area contributed by atoms with Gasteiger partial charge in [-0.05, 0) is 18.1 Å². The molecule has 0 bridgehead atoms. The van der Waals surface area contributed by atoms with E-state index in [0.717, 1.165) is 12.0 Å². The maximum Gasteiger partial charge on any atom is 0.181 e. The SMILES string of the molecule is O=c1cccccc1CCC1OCCO1. The van der Waals surface area contributed by atoms with Crippen LogP contribution in [0.3, 0.4) is 0 Å². The van der Waals surface area contributed by atoms with Crippen molar-refractivity contribution in [1.29, 1.82) is 0 Å². The molecule has 1 fully saturated rings. The van der Waals surface area contributed by atoms with Gasteiger partial charge in [-0.3, -0.25) is 4.79 Å². The maximum absolute atomic E-state index is 11.5. The van der Waals surface area contributed by atoms with Crippen LogP contribution in [0.2, 0.25) is 0 Å². The van der Waals surface area contributed by atoms with Crippen LogP contribution in [-0.4, -0.2) is 19.5 Å². The number of ether oxygens (including phenoxy) is 2. The summed E-state index contributed by atoms with van der Waals surface area (Å²) < 4.78 is 10.6. The molecule has 0 saturated carbocycles. The highest BCUT2D eigenvalue weighted by atomic mass is 16.7. The molecule has 2 rings (SSSR count). The summed E-state index contributed by atoms with van der Waals surface area (Å²) in [5, 5.41) is 0. The first kappa shape index (κ1) is 10.3. The Morgan fingerprint density at radius 2 is 1.87 bits per heavy atom. The van der Waals surface area contributed by atoms with Gasteiger partial charge in [-0.25, -0.2) is 0 Å². The van der Waals surface area contributed by atoms with Crippen LogP contribution in [0.5, 0.6) is 0 Å². The highest BCUT2D eigenvalue weighted by Crippen LogP contribution is 2.10. The molecule has 1 aromatic rings. The largest absolute Gasteiger partial charge is 0.350 e. The van der Waals surface area contributed by atoms with Crippen molar-refractivity contribution >= 4 is 0 Å². The molecule has 1 aliphatic heterocycles. The first-order valence-corrected chi connectivity index (χ1v) is 5.18. The van der Waals surface area contributed by atoms with E-state index in [9.17, 15) is 4.79 Å². The molecular weight excluding hydrogens is 192 g/mol. The molecule has 0 aromatic heterocycles. The molecule has 0 atom stereocenters. The van der Waals surface area contributed by atoms with E-state index in [1.165, 1.54) is 0 Å². The standard InChI is InChI=1S/C12H14O3/c13-11-5-3-1-2-4-10(11)6-7-12-14-8-9-15-12/h1-5,12H,6-9H2. The fraction of sp³-hybridized carbons (Fsp3) is 0.417. The van der Waals surface area contributed by atoms with Gasteiger partial charge in [0.2, 0.25) is 0 Å². The molecular formula is C12H14O3. The molecule has 3 heteroatoms. The Bertz CT molecular complexity index is 369. The Morgan fingerprint density at radius 1 is 1.13 bits per heavy atom. The summed E-state index contributed by atoms with van der Waals surface area (Å²) in [5.41, 5.74) is 0.900. The van der Waals surface area contributed by atoms with Crippen molar-refractivity contribution in [2.24, 2.45) is 0 Å². The minimum atomic E-state index is -0.130. The highest BCUT2D eigenvalue weighted by Gasteiger charge is 2.15. The Hall–Kier alpha value is -1.19. The fourth-order valence-corrected chi connectivity index (χ4v) is 1.62. The summed E-state index contributed by atoms with van der Waals surface area (Å²) in [7, 11) is 0. The van der Waals surface area contributed by atoms with E-state index in [-0.39, 0.29) is 11.7 Å². The zero-order chi connectivity index (χ0) is 10.5. The predicted molar refractivity (Wildman–Crippen MR) is 56.7 cm³/mol. The normalized spacial score (nSPS) is 16.8. The summed E-state index contributed by atoms with van der Waals surface area (Å²) in [6.45, 7) is 1.33. The molecule has 0 unspecified atom stereocenters. The Labute approximate surface area is 88.6 Å². The van der Waals surface area contributed by atoms with Crippen molar-refractivity contribution in [3.63, 3.8) is 0 Å². The molecule has 80 valence electrons. The van der Waals surface area contributed by atoms with Gasteiger partial charge in [0.1, 0.15) is 0 Å². The topological polar surface area (TPSA) is 35.5 Å². The average molecular weight is 206 g/mol. The molecule has 3 nitrogen and oxygen atoms in total. The van der Waals surface area contributed by atoms with Crippen molar-refractivity contribution in [1.82, 2.24) is 0 Å². The summed E-state index contributed by atoms with van der Waals surface area (Å²) in [6.07, 6.45) is 1.33. The van der Waals surface area contributed by atoms with Crippen LogP contribution in [0.15, 0.2) is 35.1 Å². The molecule has 0 radical (unpaired) electrons. The van der Waals surface area contributed by atoms with E-state index in [1.807, 2.05) is 18.2 Å². The van der Waals surface area contributed by atoms with Crippen molar-refractivity contribution < 1.29 is 9.47 Å². The van der Waals surface area contributed by atoms with Crippen LogP contribution in [0, 0.1) is 0 Å². The molecule has 0 spiro atoms. The second kappa shape index (κ2) is 5.05. The van der Waals surface area contributed by atoms with Gasteiger partial charge in [0, 0.05) is 6.42 Å². The van der Waals surface area contributed by atoms with Gasteiger partial charge >= 0.3 is 0 Å². The van der Waals surface area contributed by atoms with E-state index in [4.69, 9.17) is 9.47 Å². The molecule has 1 heterocycles. The molecule has 0 aliphatic carbocycles. The Morgan fingerprint density at radius 3 is 2.67 bits per heavy atom. The van der Waals surface area contributed by atoms with Crippen molar-refractivity contribution in [2.45, 2.75) is 19.1 Å². The molecule has 1 aromatic carbocycles. The van der Waals surface area contributed by atoms with Gasteiger partial charge < -0.3 is 9.47 Å². The van der Waals surface area contributed by atoms with Gasteiger partial charge in [-0.2, -0.15) is 0 Å². The lowest BCUT2D eigenvalue weighted by Crippen LogP contribution is -2.12. The molecule has 15 heavy (non-hydrogen) atoms. The molecule has 0 amide bonds. The lowest BCUT2D eigenvalue weighted by atomic mass is 10.1. The van der Waals surface area contributed by atoms with E-state index in [0.29, 0.717) is 19.6 Å². The Balaban J connectivity index is 1.99. The zero-order valence-electron chi connectivity index (χ0n) is 8.52. The van der Waals surface area contributed by atoms with Crippen molar-refractivity contribution in [2.75, 3.05) is 13.2 Å². The highest BCUT2D eigenvalue weighted by molar-refractivity contribution is 5.14. The second-order valence-corrected chi connectivity index (χ2v) is 3.51. The summed E-state index contributed by atoms with van der Waals surface area (Å²) in [5.74, 6) is 0. The van der Waals surface area contributed by atoms with Crippen LogP contribution >= 0.6 is 0 Å². The number of hydrogen-bond acceptors (Lipinski definition) is 3. The minimum Gasteiger partial charge on any atom is -0.350 e. The molecule has 1 aliphatic rings. The number of hydrogen-bond donors (Lipinski definition) is 0. The maximum atomic E-state index is 11.5. The Kier molecular flexibility index (Phi) is 3.48. The van der Waals surface area contributed by atoms with E-state index >= 15 is 0 Å². The first-order chi connectivity index (χ1) is 7.36. The third-order valence-corrected chi connectivity index (χ3v) is 2.42. The lowest BCUT2D eigenvalue weighted by molar-refractivity contribution is -0.0462. The minimum absolute atomic E-state index is 0.0815.